The van der Waals surface area contributed by atoms with Crippen LogP contribution in [0.2, 0.25) is 0 Å². The molecular formula is C24H28N2O2. The number of rotatable bonds is 5. The molecule has 4 rings (SSSR count). The summed E-state index contributed by atoms with van der Waals surface area (Å²) < 4.78 is 6.36. The van der Waals surface area contributed by atoms with E-state index in [1.54, 1.807) is 0 Å². The van der Waals surface area contributed by atoms with Crippen LogP contribution in [0.25, 0.3) is 0 Å². The number of hydrogen-bond donors (Lipinski definition) is 1. The van der Waals surface area contributed by atoms with Gasteiger partial charge in [0.05, 0.1) is 0 Å². The summed E-state index contributed by atoms with van der Waals surface area (Å²) in [7, 11) is 0. The highest BCUT2D eigenvalue weighted by Crippen LogP contribution is 2.30. The van der Waals surface area contributed by atoms with E-state index >= 15 is 0 Å². The van der Waals surface area contributed by atoms with Crippen LogP contribution in [-0.2, 0) is 11.3 Å². The number of nitrogens with zero attached hydrogens (tertiary/aromatic N) is 1. The van der Waals surface area contributed by atoms with Crippen molar-refractivity contribution in [2.24, 2.45) is 0 Å². The van der Waals surface area contributed by atoms with Crippen LogP contribution in [0.5, 0.6) is 5.75 Å². The number of ether oxygens (including phenoxy) is 1. The number of amides is 1. The minimum absolute atomic E-state index is 0.0124. The van der Waals surface area contributed by atoms with Crippen molar-refractivity contribution >= 4 is 5.91 Å². The van der Waals surface area contributed by atoms with Gasteiger partial charge in [-0.15, -0.1) is 0 Å². The fraction of sp³-hybridized carbons (Fsp3) is 0.375. The molecule has 0 saturated heterocycles. The zero-order valence-corrected chi connectivity index (χ0v) is 16.3. The molecule has 0 saturated carbocycles. The Morgan fingerprint density at radius 1 is 1.07 bits per heavy atom. The molecule has 0 fully saturated rings. The van der Waals surface area contributed by atoms with Crippen LogP contribution in [-0.4, -0.2) is 30.4 Å². The van der Waals surface area contributed by atoms with E-state index in [0.717, 1.165) is 50.2 Å². The first kappa shape index (κ1) is 18.8. The first-order valence-corrected chi connectivity index (χ1v) is 10.3. The maximum Gasteiger partial charge on any atom is 0.246 e. The molecule has 146 valence electrons. The minimum Gasteiger partial charge on any atom is -0.484 e. The standard InChI is InChI=1S/C24H28N2O2/c27-24(20-11-5-2-6-12-20)25-15-16-26-17-21-13-7-8-14-22(21)28-23(18-26)19-9-3-1-4-10-19/h1,3-4,7-11,13-14,23H,2,5-6,12,15-18H2,(H,25,27). The molecule has 0 aromatic heterocycles. The third-order valence-electron chi connectivity index (χ3n) is 5.53. The maximum atomic E-state index is 12.4. The lowest BCUT2D eigenvalue weighted by Crippen LogP contribution is -2.37. The summed E-state index contributed by atoms with van der Waals surface area (Å²) in [5.74, 6) is 1.06. The summed E-state index contributed by atoms with van der Waals surface area (Å²) in [6, 6.07) is 18.6. The summed E-state index contributed by atoms with van der Waals surface area (Å²) in [6.45, 7) is 3.09. The molecule has 2 aromatic rings. The fourth-order valence-corrected chi connectivity index (χ4v) is 3.98. The monoisotopic (exact) mass is 376 g/mol. The fourth-order valence-electron chi connectivity index (χ4n) is 3.98. The van der Waals surface area contributed by atoms with Gasteiger partial charge in [0.25, 0.3) is 0 Å². The van der Waals surface area contributed by atoms with Crippen LogP contribution in [0.4, 0.5) is 0 Å². The summed E-state index contributed by atoms with van der Waals surface area (Å²) in [5, 5.41) is 3.11. The molecule has 4 nitrogen and oxygen atoms in total. The molecule has 1 aliphatic carbocycles. The number of hydrogen-bond acceptors (Lipinski definition) is 3. The van der Waals surface area contributed by atoms with Gasteiger partial charge in [0, 0.05) is 37.3 Å². The Morgan fingerprint density at radius 3 is 2.71 bits per heavy atom. The van der Waals surface area contributed by atoms with E-state index in [4.69, 9.17) is 4.74 Å². The van der Waals surface area contributed by atoms with E-state index in [1.165, 1.54) is 17.5 Å². The van der Waals surface area contributed by atoms with Gasteiger partial charge in [-0.05, 0) is 37.3 Å². The molecule has 28 heavy (non-hydrogen) atoms. The van der Waals surface area contributed by atoms with Gasteiger partial charge in [-0.25, -0.2) is 0 Å². The molecule has 2 aliphatic rings. The Kier molecular flexibility index (Phi) is 6.07. The van der Waals surface area contributed by atoms with Gasteiger partial charge >= 0.3 is 0 Å². The Bertz CT molecular complexity index is 832. The van der Waals surface area contributed by atoms with Gasteiger partial charge in [-0.3, -0.25) is 9.69 Å². The van der Waals surface area contributed by atoms with Crippen molar-refractivity contribution in [3.8, 4) is 5.75 Å². The molecule has 1 amide bonds. The largest absolute Gasteiger partial charge is 0.484 e. The summed E-state index contributed by atoms with van der Waals surface area (Å²) in [6.07, 6.45) is 6.35. The third kappa shape index (κ3) is 4.63. The Labute approximate surface area is 167 Å². The lowest BCUT2D eigenvalue weighted by Gasteiger charge is -2.24. The van der Waals surface area contributed by atoms with Crippen LogP contribution >= 0.6 is 0 Å². The van der Waals surface area contributed by atoms with E-state index in [1.807, 2.05) is 18.2 Å². The Morgan fingerprint density at radius 2 is 1.89 bits per heavy atom. The van der Waals surface area contributed by atoms with Crippen LogP contribution in [0.1, 0.15) is 42.9 Å². The molecule has 4 heteroatoms. The first-order chi connectivity index (χ1) is 13.8. The van der Waals surface area contributed by atoms with Gasteiger partial charge in [0.2, 0.25) is 5.91 Å². The zero-order chi connectivity index (χ0) is 19.2. The molecule has 1 N–H and O–H groups in total. The van der Waals surface area contributed by atoms with Crippen molar-refractivity contribution in [3.63, 3.8) is 0 Å². The number of benzene rings is 2. The zero-order valence-electron chi connectivity index (χ0n) is 16.3. The second-order valence-electron chi connectivity index (χ2n) is 7.59. The molecule has 0 bridgehead atoms. The van der Waals surface area contributed by atoms with E-state index in [2.05, 4.69) is 52.7 Å². The predicted octanol–water partition coefficient (Wildman–Crippen LogP) is 4.24. The topological polar surface area (TPSA) is 41.6 Å². The van der Waals surface area contributed by atoms with Gasteiger partial charge in [-0.1, -0.05) is 54.6 Å². The van der Waals surface area contributed by atoms with E-state index < -0.39 is 0 Å². The Balaban J connectivity index is 1.42. The van der Waals surface area contributed by atoms with Gasteiger partial charge in [-0.2, -0.15) is 0 Å². The van der Waals surface area contributed by atoms with Crippen molar-refractivity contribution in [1.29, 1.82) is 0 Å². The quantitative estimate of drug-likeness (QED) is 0.849. The van der Waals surface area contributed by atoms with E-state index in [0.29, 0.717) is 6.54 Å². The molecule has 2 aromatic carbocycles. The molecular weight excluding hydrogens is 348 g/mol. The smallest absolute Gasteiger partial charge is 0.246 e. The summed E-state index contributed by atoms with van der Waals surface area (Å²) in [5.41, 5.74) is 3.33. The highest BCUT2D eigenvalue weighted by atomic mass is 16.5. The minimum atomic E-state index is -0.0124. The molecule has 1 heterocycles. The maximum absolute atomic E-state index is 12.4. The van der Waals surface area contributed by atoms with Crippen LogP contribution in [0.15, 0.2) is 66.2 Å². The predicted molar refractivity (Wildman–Crippen MR) is 111 cm³/mol. The molecule has 1 atom stereocenters. The van der Waals surface area contributed by atoms with Crippen molar-refractivity contribution in [3.05, 3.63) is 77.4 Å². The lowest BCUT2D eigenvalue weighted by atomic mass is 9.99. The van der Waals surface area contributed by atoms with Crippen molar-refractivity contribution in [2.75, 3.05) is 19.6 Å². The highest BCUT2D eigenvalue weighted by molar-refractivity contribution is 5.93. The number of carbonyl (C=O) groups excluding carboxylic acids is 1. The molecule has 0 radical (unpaired) electrons. The van der Waals surface area contributed by atoms with Gasteiger partial charge in [0.1, 0.15) is 11.9 Å². The average molecular weight is 377 g/mol. The SMILES string of the molecule is O=C(NCCN1Cc2ccccc2OC(c2ccccc2)C1)C1=CCCCC1. The van der Waals surface area contributed by atoms with Gasteiger partial charge in [0.15, 0.2) is 0 Å². The number of allylic oxidation sites excluding steroid dienone is 1. The van der Waals surface area contributed by atoms with Crippen molar-refractivity contribution in [2.45, 2.75) is 38.3 Å². The Hall–Kier alpha value is -2.59. The second-order valence-corrected chi connectivity index (χ2v) is 7.59. The lowest BCUT2D eigenvalue weighted by molar-refractivity contribution is -0.117. The third-order valence-corrected chi connectivity index (χ3v) is 5.53. The first-order valence-electron chi connectivity index (χ1n) is 10.3. The van der Waals surface area contributed by atoms with E-state index in [-0.39, 0.29) is 12.0 Å². The van der Waals surface area contributed by atoms with Crippen LogP contribution in [0.3, 0.4) is 0 Å². The summed E-state index contributed by atoms with van der Waals surface area (Å²) in [4.78, 5) is 14.7. The second kappa shape index (κ2) is 9.07. The van der Waals surface area contributed by atoms with Crippen molar-refractivity contribution < 1.29 is 9.53 Å². The van der Waals surface area contributed by atoms with Crippen LogP contribution in [0, 0.1) is 0 Å². The molecule has 0 spiro atoms. The number of para-hydroxylation sites is 1. The van der Waals surface area contributed by atoms with Crippen LogP contribution < -0.4 is 10.1 Å². The highest BCUT2D eigenvalue weighted by Gasteiger charge is 2.24. The molecule has 1 aliphatic heterocycles. The average Bonchev–Trinajstić information content (AvgIpc) is 2.94. The van der Waals surface area contributed by atoms with Crippen molar-refractivity contribution in [1.82, 2.24) is 10.2 Å². The number of fused-ring (bicyclic) bond motifs is 1. The number of nitrogens with one attached hydrogen (secondary N) is 1. The van der Waals surface area contributed by atoms with Gasteiger partial charge < -0.3 is 10.1 Å². The molecule has 1 unspecified atom stereocenters. The normalized spacial score (nSPS) is 19.7. The number of carbonyl (C=O) groups is 1. The summed E-state index contributed by atoms with van der Waals surface area (Å²) >= 11 is 0. The van der Waals surface area contributed by atoms with E-state index in [9.17, 15) is 4.79 Å².